The lowest BCUT2D eigenvalue weighted by Gasteiger charge is -2.22. The van der Waals surface area contributed by atoms with E-state index in [1.54, 1.807) is 24.3 Å². The molecular weight excluding hydrogens is 418 g/mol. The van der Waals surface area contributed by atoms with E-state index >= 15 is 0 Å². The fraction of sp³-hybridized carbons (Fsp3) is 0.316. The molecule has 3 atom stereocenters. The molecule has 2 aromatic rings. The van der Waals surface area contributed by atoms with Gasteiger partial charge in [-0.25, -0.2) is 18.4 Å². The molecule has 10 heteroatoms. The van der Waals surface area contributed by atoms with Crippen LogP contribution in [0, 0.1) is 0 Å². The van der Waals surface area contributed by atoms with E-state index in [1.807, 2.05) is 12.1 Å². The molecule has 5 N–H and O–H groups in total. The van der Waals surface area contributed by atoms with Gasteiger partial charge in [0.05, 0.1) is 10.9 Å². The number of carbonyl (C=O) groups is 1. The molecule has 0 aliphatic carbocycles. The third kappa shape index (κ3) is 5.91. The molecular formula is C19H22ClN3O5S. The van der Waals surface area contributed by atoms with E-state index in [9.17, 15) is 18.3 Å². The van der Waals surface area contributed by atoms with Crippen molar-refractivity contribution in [3.63, 3.8) is 0 Å². The molecule has 1 saturated heterocycles. The third-order valence-electron chi connectivity index (χ3n) is 4.67. The van der Waals surface area contributed by atoms with Crippen molar-refractivity contribution in [3.8, 4) is 0 Å². The molecule has 0 saturated carbocycles. The molecule has 8 nitrogen and oxygen atoms in total. The first-order valence-corrected chi connectivity index (χ1v) is 10.9. The zero-order valence-electron chi connectivity index (χ0n) is 15.4. The van der Waals surface area contributed by atoms with Gasteiger partial charge in [0.2, 0.25) is 10.0 Å². The van der Waals surface area contributed by atoms with Gasteiger partial charge in [-0.3, -0.25) is 0 Å². The SMILES string of the molecule is NS(=O)(=O)c1ccc(CNC(=O)O[C@@H]2[C@@H](O)CN[C@@H]2Cc2ccc(Cl)cc2)cc1. The first-order valence-electron chi connectivity index (χ1n) is 8.94. The second kappa shape index (κ2) is 9.10. The molecule has 29 heavy (non-hydrogen) atoms. The van der Waals surface area contributed by atoms with Gasteiger partial charge in [-0.05, 0) is 41.8 Å². The van der Waals surface area contributed by atoms with Crippen LogP contribution < -0.4 is 15.8 Å². The smallest absolute Gasteiger partial charge is 0.407 e. The van der Waals surface area contributed by atoms with Crippen molar-refractivity contribution >= 4 is 27.7 Å². The third-order valence-corrected chi connectivity index (χ3v) is 5.85. The maximum atomic E-state index is 12.2. The van der Waals surface area contributed by atoms with Crippen molar-refractivity contribution in [3.05, 3.63) is 64.7 Å². The molecule has 1 heterocycles. The van der Waals surface area contributed by atoms with E-state index < -0.39 is 28.3 Å². The van der Waals surface area contributed by atoms with Gasteiger partial charge >= 0.3 is 6.09 Å². The van der Waals surface area contributed by atoms with Gasteiger partial charge in [0.1, 0.15) is 12.2 Å². The minimum absolute atomic E-state index is 0.00554. The number of aliphatic hydroxyl groups is 1. The lowest BCUT2D eigenvalue weighted by atomic mass is 10.0. The van der Waals surface area contributed by atoms with E-state index in [-0.39, 0.29) is 17.5 Å². The van der Waals surface area contributed by atoms with Gasteiger partial charge in [0.25, 0.3) is 0 Å². The monoisotopic (exact) mass is 439 g/mol. The van der Waals surface area contributed by atoms with Crippen LogP contribution in [0.5, 0.6) is 0 Å². The van der Waals surface area contributed by atoms with Crippen LogP contribution in [0.4, 0.5) is 4.79 Å². The van der Waals surface area contributed by atoms with E-state index in [1.165, 1.54) is 12.1 Å². The quantitative estimate of drug-likeness (QED) is 0.534. The molecule has 0 unspecified atom stereocenters. The number of alkyl carbamates (subject to hydrolysis) is 1. The van der Waals surface area contributed by atoms with Gasteiger partial charge < -0.3 is 20.5 Å². The lowest BCUT2D eigenvalue weighted by molar-refractivity contribution is 0.0188. The Kier molecular flexibility index (Phi) is 6.76. The average molecular weight is 440 g/mol. The van der Waals surface area contributed by atoms with Gasteiger partial charge in [-0.15, -0.1) is 0 Å². The molecule has 0 radical (unpaired) electrons. The summed E-state index contributed by atoms with van der Waals surface area (Å²) in [6.07, 6.45) is -1.61. The number of benzene rings is 2. The van der Waals surface area contributed by atoms with E-state index in [4.69, 9.17) is 21.5 Å². The van der Waals surface area contributed by atoms with Gasteiger partial charge in [-0.1, -0.05) is 35.9 Å². The Balaban J connectivity index is 1.54. The molecule has 0 aromatic heterocycles. The number of nitrogens with one attached hydrogen (secondary N) is 2. The van der Waals surface area contributed by atoms with E-state index in [0.717, 1.165) is 5.56 Å². The molecule has 156 valence electrons. The Morgan fingerprint density at radius 2 is 1.79 bits per heavy atom. The number of hydrogen-bond donors (Lipinski definition) is 4. The zero-order valence-corrected chi connectivity index (χ0v) is 17.0. The Labute approximate surface area is 174 Å². The molecule has 1 aliphatic heterocycles. The molecule has 0 bridgehead atoms. The summed E-state index contributed by atoms with van der Waals surface area (Å²) in [5, 5.41) is 21.6. The number of amides is 1. The van der Waals surface area contributed by atoms with Crippen LogP contribution in [0.25, 0.3) is 0 Å². The zero-order chi connectivity index (χ0) is 21.0. The number of rotatable bonds is 6. The highest BCUT2D eigenvalue weighted by molar-refractivity contribution is 7.89. The van der Waals surface area contributed by atoms with Gasteiger partial charge in [-0.2, -0.15) is 0 Å². The number of primary sulfonamides is 1. The second-order valence-electron chi connectivity index (χ2n) is 6.83. The van der Waals surface area contributed by atoms with Gasteiger partial charge in [0, 0.05) is 18.1 Å². The number of sulfonamides is 1. The lowest BCUT2D eigenvalue weighted by Crippen LogP contribution is -2.41. The van der Waals surface area contributed by atoms with Gasteiger partial charge in [0.15, 0.2) is 0 Å². The minimum Gasteiger partial charge on any atom is -0.442 e. The van der Waals surface area contributed by atoms with Crippen molar-refractivity contribution in [2.24, 2.45) is 5.14 Å². The predicted octanol–water partition coefficient (Wildman–Crippen LogP) is 1.16. The number of nitrogens with two attached hydrogens (primary N) is 1. The highest BCUT2D eigenvalue weighted by atomic mass is 35.5. The van der Waals surface area contributed by atoms with Crippen molar-refractivity contribution in [2.45, 2.75) is 36.1 Å². The Bertz CT molecular complexity index is 951. The largest absolute Gasteiger partial charge is 0.442 e. The summed E-state index contributed by atoms with van der Waals surface area (Å²) in [4.78, 5) is 12.2. The van der Waals surface area contributed by atoms with Crippen molar-refractivity contribution in [2.75, 3.05) is 6.54 Å². The molecule has 2 aromatic carbocycles. The number of aliphatic hydroxyl groups excluding tert-OH is 1. The average Bonchev–Trinajstić information content (AvgIpc) is 3.01. The summed E-state index contributed by atoms with van der Waals surface area (Å²) in [5.74, 6) is 0. The van der Waals surface area contributed by atoms with Crippen LogP contribution in [0.15, 0.2) is 53.4 Å². The maximum absolute atomic E-state index is 12.2. The predicted molar refractivity (Wildman–Crippen MR) is 108 cm³/mol. The van der Waals surface area contributed by atoms with Crippen LogP contribution in [-0.2, 0) is 27.7 Å². The Morgan fingerprint density at radius 3 is 2.41 bits per heavy atom. The number of halogens is 1. The summed E-state index contributed by atoms with van der Waals surface area (Å²) in [6, 6.07) is 12.9. The highest BCUT2D eigenvalue weighted by Crippen LogP contribution is 2.19. The molecule has 0 spiro atoms. The van der Waals surface area contributed by atoms with Crippen LogP contribution in [0.1, 0.15) is 11.1 Å². The second-order valence-corrected chi connectivity index (χ2v) is 8.82. The van der Waals surface area contributed by atoms with Crippen molar-refractivity contribution in [1.82, 2.24) is 10.6 Å². The first kappa shape index (κ1) is 21.5. The fourth-order valence-electron chi connectivity index (χ4n) is 3.13. The minimum atomic E-state index is -3.76. The molecule has 1 amide bonds. The normalized spacial score (nSPS) is 21.7. The summed E-state index contributed by atoms with van der Waals surface area (Å²) in [5.41, 5.74) is 1.68. The Hall–Kier alpha value is -2.17. The molecule has 1 aliphatic rings. The van der Waals surface area contributed by atoms with Crippen LogP contribution in [0.2, 0.25) is 5.02 Å². The molecule has 3 rings (SSSR count). The fourth-order valence-corrected chi connectivity index (χ4v) is 3.77. The number of β-amino-alcohol motifs (C(OH)–C–C–N with tert-alkyl or cyclic N) is 1. The Morgan fingerprint density at radius 1 is 1.17 bits per heavy atom. The van der Waals surface area contributed by atoms with Crippen LogP contribution in [0.3, 0.4) is 0 Å². The van der Waals surface area contributed by atoms with Crippen molar-refractivity contribution < 1.29 is 23.1 Å². The first-order chi connectivity index (χ1) is 13.7. The number of ether oxygens (including phenoxy) is 1. The maximum Gasteiger partial charge on any atom is 0.407 e. The van der Waals surface area contributed by atoms with Crippen LogP contribution >= 0.6 is 11.6 Å². The van der Waals surface area contributed by atoms with Crippen LogP contribution in [-0.4, -0.2) is 44.4 Å². The highest BCUT2D eigenvalue weighted by Gasteiger charge is 2.37. The topological polar surface area (TPSA) is 131 Å². The standard InChI is InChI=1S/C19H22ClN3O5S/c20-14-5-1-12(2-6-14)9-16-18(17(24)11-22-16)28-19(25)23-10-13-3-7-15(8-4-13)29(21,26)27/h1-8,16-18,22,24H,9-11H2,(H,23,25)(H2,21,26,27)/t16-,17+,18+/m1/s1. The van der Waals surface area contributed by atoms with E-state index in [0.29, 0.717) is 23.6 Å². The molecule has 1 fully saturated rings. The summed E-state index contributed by atoms with van der Waals surface area (Å²) in [7, 11) is -3.76. The van der Waals surface area contributed by atoms with Crippen molar-refractivity contribution in [1.29, 1.82) is 0 Å². The summed E-state index contributed by atoms with van der Waals surface area (Å²) >= 11 is 5.90. The van der Waals surface area contributed by atoms with E-state index in [2.05, 4.69) is 10.6 Å². The number of hydrogen-bond acceptors (Lipinski definition) is 6. The summed E-state index contributed by atoms with van der Waals surface area (Å²) in [6.45, 7) is 0.465. The summed E-state index contributed by atoms with van der Waals surface area (Å²) < 4.78 is 28.0. The number of carbonyl (C=O) groups excluding carboxylic acids is 1.